The fourth-order valence-corrected chi connectivity index (χ4v) is 2.20. The second-order valence-electron chi connectivity index (χ2n) is 4.18. The molecule has 1 saturated heterocycles. The molecule has 1 N–H and O–H groups in total. The highest BCUT2D eigenvalue weighted by molar-refractivity contribution is 5.78. The van der Waals surface area contributed by atoms with Crippen LogP contribution in [-0.4, -0.2) is 37.0 Å². The molecule has 1 aliphatic heterocycles. The largest absolute Gasteiger partial charge is 0.359 e. The molecule has 1 heterocycles. The van der Waals surface area contributed by atoms with Crippen molar-refractivity contribution in [2.45, 2.75) is 31.7 Å². The monoisotopic (exact) mass is 182 g/mol. The quantitative estimate of drug-likeness (QED) is 0.678. The summed E-state index contributed by atoms with van der Waals surface area (Å²) in [5.41, 5.74) is 0. The summed E-state index contributed by atoms with van der Waals surface area (Å²) in [6.07, 6.45) is 4.96. The molecule has 3 heteroatoms. The van der Waals surface area contributed by atoms with Crippen molar-refractivity contribution in [1.29, 1.82) is 0 Å². The van der Waals surface area contributed by atoms with Crippen molar-refractivity contribution in [3.63, 3.8) is 0 Å². The third-order valence-corrected chi connectivity index (χ3v) is 3.13. The molecule has 0 aromatic rings. The summed E-state index contributed by atoms with van der Waals surface area (Å²) in [5, 5.41) is 2.75. The van der Waals surface area contributed by atoms with E-state index in [9.17, 15) is 4.79 Å². The van der Waals surface area contributed by atoms with Gasteiger partial charge in [0.15, 0.2) is 0 Å². The van der Waals surface area contributed by atoms with Crippen LogP contribution in [0.3, 0.4) is 0 Å². The highest BCUT2D eigenvalue weighted by atomic mass is 16.1. The molecule has 2 aliphatic rings. The van der Waals surface area contributed by atoms with Gasteiger partial charge in [-0.15, -0.1) is 0 Å². The molecular formula is C10H18N2O. The predicted octanol–water partition coefficient (Wildman–Crippen LogP) is 0.607. The van der Waals surface area contributed by atoms with Crippen molar-refractivity contribution in [1.82, 2.24) is 10.2 Å². The molecule has 1 atom stereocenters. The van der Waals surface area contributed by atoms with Gasteiger partial charge >= 0.3 is 0 Å². The summed E-state index contributed by atoms with van der Waals surface area (Å²) in [6, 6.07) is 0.812. The molecule has 0 unspecified atom stereocenters. The van der Waals surface area contributed by atoms with Crippen molar-refractivity contribution in [3.05, 3.63) is 0 Å². The van der Waals surface area contributed by atoms with Gasteiger partial charge in [-0.1, -0.05) is 0 Å². The number of likely N-dealkylation sites (tertiary alicyclic amines) is 1. The van der Waals surface area contributed by atoms with Crippen LogP contribution in [0.2, 0.25) is 0 Å². The van der Waals surface area contributed by atoms with Gasteiger partial charge in [0.05, 0.1) is 5.92 Å². The van der Waals surface area contributed by atoms with E-state index in [-0.39, 0.29) is 11.8 Å². The third kappa shape index (κ3) is 2.02. The first-order chi connectivity index (χ1) is 6.31. The maximum absolute atomic E-state index is 11.4. The first-order valence-corrected chi connectivity index (χ1v) is 5.27. The fraction of sp³-hybridized carbons (Fsp3) is 0.900. The summed E-state index contributed by atoms with van der Waals surface area (Å²) >= 11 is 0. The molecular weight excluding hydrogens is 164 g/mol. The minimum atomic E-state index is 0.227. The van der Waals surface area contributed by atoms with E-state index in [1.54, 1.807) is 7.05 Å². The number of nitrogens with one attached hydrogen (secondary N) is 1. The van der Waals surface area contributed by atoms with Gasteiger partial charge in [-0.3, -0.25) is 9.69 Å². The Morgan fingerprint density at radius 2 is 2.15 bits per heavy atom. The van der Waals surface area contributed by atoms with Crippen molar-refractivity contribution >= 4 is 5.91 Å². The van der Waals surface area contributed by atoms with Crippen LogP contribution in [0.5, 0.6) is 0 Å². The minimum absolute atomic E-state index is 0.227. The van der Waals surface area contributed by atoms with Crippen molar-refractivity contribution in [2.75, 3.05) is 20.1 Å². The van der Waals surface area contributed by atoms with Gasteiger partial charge in [-0.25, -0.2) is 0 Å². The molecule has 3 nitrogen and oxygen atoms in total. The zero-order valence-corrected chi connectivity index (χ0v) is 8.25. The molecule has 1 amide bonds. The molecule has 2 fully saturated rings. The molecule has 0 bridgehead atoms. The van der Waals surface area contributed by atoms with Gasteiger partial charge in [0.2, 0.25) is 5.91 Å². The van der Waals surface area contributed by atoms with E-state index in [1.807, 2.05) is 0 Å². The Hall–Kier alpha value is -0.570. The van der Waals surface area contributed by atoms with Gasteiger partial charge in [0.25, 0.3) is 0 Å². The lowest BCUT2D eigenvalue weighted by molar-refractivity contribution is -0.126. The maximum Gasteiger partial charge on any atom is 0.224 e. The number of hydrogen-bond acceptors (Lipinski definition) is 2. The maximum atomic E-state index is 11.4. The van der Waals surface area contributed by atoms with Crippen LogP contribution in [0.4, 0.5) is 0 Å². The van der Waals surface area contributed by atoms with E-state index in [4.69, 9.17) is 0 Å². The van der Waals surface area contributed by atoms with Crippen LogP contribution in [-0.2, 0) is 4.79 Å². The van der Waals surface area contributed by atoms with Crippen LogP contribution in [0.25, 0.3) is 0 Å². The van der Waals surface area contributed by atoms with E-state index in [2.05, 4.69) is 10.2 Å². The standard InChI is InChI=1S/C10H18N2O/c1-11-10(13)8-3-2-6-12(7-8)9-4-5-9/h8-9H,2-7H2,1H3,(H,11,13)/t8-/m1/s1. The summed E-state index contributed by atoms with van der Waals surface area (Å²) in [6.45, 7) is 2.20. The number of hydrogen-bond donors (Lipinski definition) is 1. The lowest BCUT2D eigenvalue weighted by Gasteiger charge is -2.31. The average Bonchev–Trinajstić information content (AvgIpc) is 3.00. The molecule has 0 radical (unpaired) electrons. The number of rotatable bonds is 2. The van der Waals surface area contributed by atoms with E-state index in [0.717, 1.165) is 19.0 Å². The number of amides is 1. The summed E-state index contributed by atoms with van der Waals surface area (Å²) < 4.78 is 0. The smallest absolute Gasteiger partial charge is 0.224 e. The van der Waals surface area contributed by atoms with Crippen molar-refractivity contribution in [2.24, 2.45) is 5.92 Å². The second kappa shape index (κ2) is 3.66. The van der Waals surface area contributed by atoms with Crippen LogP contribution in [0, 0.1) is 5.92 Å². The van der Waals surface area contributed by atoms with Gasteiger partial charge in [-0.05, 0) is 32.2 Å². The van der Waals surface area contributed by atoms with Crippen molar-refractivity contribution < 1.29 is 4.79 Å². The summed E-state index contributed by atoms with van der Waals surface area (Å²) in [7, 11) is 1.73. The number of nitrogens with zero attached hydrogens (tertiary/aromatic N) is 1. The Bertz CT molecular complexity index is 201. The summed E-state index contributed by atoms with van der Waals surface area (Å²) in [5.74, 6) is 0.477. The van der Waals surface area contributed by atoms with E-state index in [1.165, 1.54) is 25.8 Å². The molecule has 2 rings (SSSR count). The lowest BCUT2D eigenvalue weighted by Crippen LogP contribution is -2.42. The van der Waals surface area contributed by atoms with Gasteiger partial charge in [0, 0.05) is 19.6 Å². The average molecular weight is 182 g/mol. The number of carbonyl (C=O) groups is 1. The van der Waals surface area contributed by atoms with Gasteiger partial charge < -0.3 is 5.32 Å². The van der Waals surface area contributed by atoms with E-state index < -0.39 is 0 Å². The zero-order valence-electron chi connectivity index (χ0n) is 8.25. The minimum Gasteiger partial charge on any atom is -0.359 e. The SMILES string of the molecule is CNC(=O)[C@@H]1CCCN(C2CC2)C1. The Labute approximate surface area is 79.5 Å². The Kier molecular flexibility index (Phi) is 2.54. The molecule has 74 valence electrons. The molecule has 13 heavy (non-hydrogen) atoms. The molecule has 0 aromatic heterocycles. The van der Waals surface area contributed by atoms with E-state index in [0.29, 0.717) is 0 Å². The van der Waals surface area contributed by atoms with Crippen LogP contribution in [0.1, 0.15) is 25.7 Å². The van der Waals surface area contributed by atoms with Gasteiger partial charge in [-0.2, -0.15) is 0 Å². The highest BCUT2D eigenvalue weighted by Gasteiger charge is 2.34. The topological polar surface area (TPSA) is 32.3 Å². The second-order valence-corrected chi connectivity index (χ2v) is 4.18. The lowest BCUT2D eigenvalue weighted by atomic mass is 9.97. The summed E-state index contributed by atoms with van der Waals surface area (Å²) in [4.78, 5) is 13.9. The Balaban J connectivity index is 1.87. The van der Waals surface area contributed by atoms with Crippen molar-refractivity contribution in [3.8, 4) is 0 Å². The third-order valence-electron chi connectivity index (χ3n) is 3.13. The van der Waals surface area contributed by atoms with Crippen LogP contribution >= 0.6 is 0 Å². The Morgan fingerprint density at radius 3 is 2.77 bits per heavy atom. The molecule has 0 spiro atoms. The predicted molar refractivity (Wildman–Crippen MR) is 51.4 cm³/mol. The normalized spacial score (nSPS) is 30.1. The van der Waals surface area contributed by atoms with E-state index >= 15 is 0 Å². The Morgan fingerprint density at radius 1 is 1.38 bits per heavy atom. The fourth-order valence-electron chi connectivity index (χ4n) is 2.20. The highest BCUT2D eigenvalue weighted by Crippen LogP contribution is 2.30. The zero-order chi connectivity index (χ0) is 9.26. The first-order valence-electron chi connectivity index (χ1n) is 5.27. The van der Waals surface area contributed by atoms with Gasteiger partial charge in [0.1, 0.15) is 0 Å². The van der Waals surface area contributed by atoms with Crippen LogP contribution in [0.15, 0.2) is 0 Å². The molecule has 1 aliphatic carbocycles. The molecule has 1 saturated carbocycles. The van der Waals surface area contributed by atoms with Crippen LogP contribution < -0.4 is 5.32 Å². The first kappa shape index (κ1) is 9.00. The number of piperidine rings is 1. The molecule has 0 aromatic carbocycles. The number of carbonyl (C=O) groups excluding carboxylic acids is 1.